The summed E-state index contributed by atoms with van der Waals surface area (Å²) in [7, 11) is 0. The zero-order valence-corrected chi connectivity index (χ0v) is 16.3. The van der Waals surface area contributed by atoms with Crippen LogP contribution in [0.1, 0.15) is 6.92 Å². The molecule has 2 heterocycles. The lowest BCUT2D eigenvalue weighted by Crippen LogP contribution is -2.23. The highest BCUT2D eigenvalue weighted by molar-refractivity contribution is 8.00. The lowest BCUT2D eigenvalue weighted by atomic mass is 10.3. The van der Waals surface area contributed by atoms with Crippen LogP contribution in [0.3, 0.4) is 0 Å². The molecular weight excluding hydrogens is 391 g/mol. The number of nitrogens with zero attached hydrogens (tertiary/aromatic N) is 3. The van der Waals surface area contributed by atoms with Gasteiger partial charge in [-0.3, -0.25) is 9.36 Å². The third-order valence-corrected chi connectivity index (χ3v) is 5.22. The quantitative estimate of drug-likeness (QED) is 0.465. The number of rotatable bonds is 6. The number of halogens is 1. The van der Waals surface area contributed by atoms with Gasteiger partial charge in [-0.2, -0.15) is 0 Å². The average molecular weight is 408 g/mol. The summed E-state index contributed by atoms with van der Waals surface area (Å²) in [6.07, 6.45) is 1.57. The molecular formula is C21H17FN4O2S. The number of carbonyl (C=O) groups excluding carboxylic acids is 1. The number of furan rings is 1. The first-order chi connectivity index (χ1) is 14.1. The van der Waals surface area contributed by atoms with Crippen LogP contribution in [-0.4, -0.2) is 25.9 Å². The van der Waals surface area contributed by atoms with Crippen LogP contribution in [0.4, 0.5) is 10.1 Å². The van der Waals surface area contributed by atoms with Crippen LogP contribution >= 0.6 is 11.8 Å². The molecule has 0 bridgehead atoms. The Morgan fingerprint density at radius 1 is 1.07 bits per heavy atom. The average Bonchev–Trinajstić information content (AvgIpc) is 3.40. The topological polar surface area (TPSA) is 73.0 Å². The van der Waals surface area contributed by atoms with E-state index in [4.69, 9.17) is 4.42 Å². The van der Waals surface area contributed by atoms with E-state index in [0.717, 1.165) is 5.69 Å². The smallest absolute Gasteiger partial charge is 0.237 e. The fourth-order valence-electron chi connectivity index (χ4n) is 2.73. The molecule has 29 heavy (non-hydrogen) atoms. The Morgan fingerprint density at radius 3 is 2.55 bits per heavy atom. The summed E-state index contributed by atoms with van der Waals surface area (Å²) in [4.78, 5) is 12.6. The van der Waals surface area contributed by atoms with Crippen LogP contribution < -0.4 is 5.32 Å². The van der Waals surface area contributed by atoms with Crippen molar-refractivity contribution in [3.05, 3.63) is 78.8 Å². The molecule has 2 aromatic heterocycles. The van der Waals surface area contributed by atoms with E-state index in [0.29, 0.717) is 16.7 Å². The molecule has 8 heteroatoms. The fourth-order valence-corrected chi connectivity index (χ4v) is 3.60. The van der Waals surface area contributed by atoms with E-state index >= 15 is 0 Å². The lowest BCUT2D eigenvalue weighted by Gasteiger charge is -2.13. The minimum absolute atomic E-state index is 0.144. The molecule has 4 rings (SSSR count). The van der Waals surface area contributed by atoms with Gasteiger partial charge in [0, 0.05) is 5.69 Å². The van der Waals surface area contributed by atoms with Crippen molar-refractivity contribution in [2.75, 3.05) is 5.32 Å². The number of hydrogen-bond donors (Lipinski definition) is 1. The SMILES string of the molecule is CC(Sc1nnc(-c2ccco2)n1-c1ccccc1)C(=O)Nc1ccccc1F. The van der Waals surface area contributed by atoms with E-state index in [2.05, 4.69) is 15.5 Å². The lowest BCUT2D eigenvalue weighted by molar-refractivity contribution is -0.115. The molecule has 146 valence electrons. The standard InChI is InChI=1S/C21H17FN4O2S/c1-14(20(27)23-17-11-6-5-10-16(17)22)29-21-25-24-19(18-12-7-13-28-18)26(21)15-8-3-2-4-9-15/h2-14H,1H3,(H,23,27). The summed E-state index contributed by atoms with van der Waals surface area (Å²) < 4.78 is 21.1. The molecule has 0 saturated carbocycles. The minimum atomic E-state index is -0.536. The van der Waals surface area contributed by atoms with Gasteiger partial charge in [0.05, 0.1) is 17.2 Å². The van der Waals surface area contributed by atoms with Gasteiger partial charge < -0.3 is 9.73 Å². The molecule has 4 aromatic rings. The van der Waals surface area contributed by atoms with Gasteiger partial charge in [0.2, 0.25) is 11.7 Å². The number of benzene rings is 2. The number of hydrogen-bond acceptors (Lipinski definition) is 5. The summed E-state index contributed by atoms with van der Waals surface area (Å²) in [5.41, 5.74) is 0.985. The van der Waals surface area contributed by atoms with Gasteiger partial charge in [0.1, 0.15) is 5.82 Å². The Morgan fingerprint density at radius 2 is 1.83 bits per heavy atom. The first-order valence-corrected chi connectivity index (χ1v) is 9.78. The van der Waals surface area contributed by atoms with Gasteiger partial charge >= 0.3 is 0 Å². The van der Waals surface area contributed by atoms with Crippen LogP contribution in [0.25, 0.3) is 17.3 Å². The molecule has 1 N–H and O–H groups in total. The monoisotopic (exact) mass is 408 g/mol. The molecule has 1 unspecified atom stereocenters. The van der Waals surface area contributed by atoms with E-state index < -0.39 is 11.1 Å². The normalized spacial score (nSPS) is 11.9. The number of anilines is 1. The Bertz CT molecular complexity index is 1110. The second-order valence-corrected chi connectivity index (χ2v) is 7.49. The van der Waals surface area contributed by atoms with Crippen molar-refractivity contribution >= 4 is 23.4 Å². The second kappa shape index (κ2) is 8.32. The van der Waals surface area contributed by atoms with Crippen molar-refractivity contribution in [1.82, 2.24) is 14.8 Å². The number of thioether (sulfide) groups is 1. The molecule has 6 nitrogen and oxygen atoms in total. The molecule has 0 fully saturated rings. The molecule has 0 aliphatic heterocycles. The van der Waals surface area contributed by atoms with Crippen LogP contribution in [0.15, 0.2) is 82.6 Å². The summed E-state index contributed by atoms with van der Waals surface area (Å²) >= 11 is 1.23. The van der Waals surface area contributed by atoms with E-state index in [1.807, 2.05) is 34.9 Å². The van der Waals surface area contributed by atoms with Gasteiger partial charge in [-0.05, 0) is 43.3 Å². The van der Waals surface area contributed by atoms with Gasteiger partial charge in [-0.15, -0.1) is 10.2 Å². The Hall–Kier alpha value is -3.39. The summed E-state index contributed by atoms with van der Waals surface area (Å²) in [6, 6.07) is 19.2. The predicted octanol–water partition coefficient (Wildman–Crippen LogP) is 4.79. The summed E-state index contributed by atoms with van der Waals surface area (Å²) in [6.45, 7) is 1.73. The minimum Gasteiger partial charge on any atom is -0.461 e. The molecule has 0 radical (unpaired) electrons. The van der Waals surface area contributed by atoms with E-state index in [1.165, 1.54) is 23.9 Å². The molecule has 0 saturated heterocycles. The Kier molecular flexibility index (Phi) is 5.44. The van der Waals surface area contributed by atoms with E-state index in [9.17, 15) is 9.18 Å². The van der Waals surface area contributed by atoms with Crippen LogP contribution in [0.5, 0.6) is 0 Å². The number of nitrogens with one attached hydrogen (secondary N) is 1. The summed E-state index contributed by atoms with van der Waals surface area (Å²) in [5, 5.41) is 11.1. The maximum Gasteiger partial charge on any atom is 0.237 e. The number of para-hydroxylation sites is 2. The zero-order chi connectivity index (χ0) is 20.2. The fraction of sp³-hybridized carbons (Fsp3) is 0.0952. The van der Waals surface area contributed by atoms with Crippen LogP contribution in [0, 0.1) is 5.82 Å². The highest BCUT2D eigenvalue weighted by atomic mass is 32.2. The second-order valence-electron chi connectivity index (χ2n) is 6.18. The van der Waals surface area contributed by atoms with E-state index in [-0.39, 0.29) is 11.6 Å². The summed E-state index contributed by atoms with van der Waals surface area (Å²) in [5.74, 6) is 0.287. The third kappa shape index (κ3) is 4.07. The van der Waals surface area contributed by atoms with Gasteiger partial charge in [0.15, 0.2) is 10.9 Å². The predicted molar refractivity (Wildman–Crippen MR) is 109 cm³/mol. The Balaban J connectivity index is 1.62. The molecule has 1 atom stereocenters. The van der Waals surface area contributed by atoms with Crippen molar-refractivity contribution < 1.29 is 13.6 Å². The van der Waals surface area contributed by atoms with E-state index in [1.54, 1.807) is 37.5 Å². The van der Waals surface area contributed by atoms with Crippen LogP contribution in [0.2, 0.25) is 0 Å². The number of carbonyl (C=O) groups is 1. The first kappa shape index (κ1) is 18.9. The number of amides is 1. The molecule has 2 aromatic carbocycles. The Labute approximate surface area is 170 Å². The van der Waals surface area contributed by atoms with Gasteiger partial charge in [0.25, 0.3) is 0 Å². The first-order valence-electron chi connectivity index (χ1n) is 8.90. The van der Waals surface area contributed by atoms with Gasteiger partial charge in [-0.25, -0.2) is 4.39 Å². The van der Waals surface area contributed by atoms with Crippen molar-refractivity contribution in [2.24, 2.45) is 0 Å². The van der Waals surface area contributed by atoms with Gasteiger partial charge in [-0.1, -0.05) is 42.1 Å². The van der Waals surface area contributed by atoms with Crippen molar-refractivity contribution in [1.29, 1.82) is 0 Å². The highest BCUT2D eigenvalue weighted by Crippen LogP contribution is 2.30. The third-order valence-electron chi connectivity index (χ3n) is 4.17. The van der Waals surface area contributed by atoms with Crippen molar-refractivity contribution in [3.8, 4) is 17.3 Å². The molecule has 0 aliphatic carbocycles. The van der Waals surface area contributed by atoms with Crippen molar-refractivity contribution in [2.45, 2.75) is 17.3 Å². The largest absolute Gasteiger partial charge is 0.461 e. The molecule has 1 amide bonds. The maximum atomic E-state index is 13.8. The maximum absolute atomic E-state index is 13.8. The molecule has 0 spiro atoms. The highest BCUT2D eigenvalue weighted by Gasteiger charge is 2.23. The molecule has 0 aliphatic rings. The van der Waals surface area contributed by atoms with Crippen molar-refractivity contribution in [3.63, 3.8) is 0 Å². The number of aromatic nitrogens is 3. The van der Waals surface area contributed by atoms with Crippen LogP contribution in [-0.2, 0) is 4.79 Å². The zero-order valence-electron chi connectivity index (χ0n) is 15.4.